The van der Waals surface area contributed by atoms with Crippen LogP contribution in [0.3, 0.4) is 0 Å². The van der Waals surface area contributed by atoms with Crippen molar-refractivity contribution in [3.8, 4) is 0 Å². The third-order valence-corrected chi connectivity index (χ3v) is 2.73. The average Bonchev–Trinajstić information content (AvgIpc) is 2.24. The van der Waals surface area contributed by atoms with Crippen LogP contribution < -0.4 is 16.0 Å². The van der Waals surface area contributed by atoms with Gasteiger partial charge in [0.1, 0.15) is 5.82 Å². The molecule has 2 rings (SSSR count). The summed E-state index contributed by atoms with van der Waals surface area (Å²) in [6.45, 7) is 5.15. The van der Waals surface area contributed by atoms with Gasteiger partial charge >= 0.3 is 0 Å². The Bertz CT molecular complexity index is 399. The molecule has 0 aromatic carbocycles. The molecule has 1 saturated heterocycles. The number of pyridine rings is 1. The molecule has 0 aliphatic carbocycles. The van der Waals surface area contributed by atoms with Gasteiger partial charge < -0.3 is 11.1 Å². The van der Waals surface area contributed by atoms with E-state index >= 15 is 0 Å². The lowest BCUT2D eigenvalue weighted by Gasteiger charge is -2.37. The molecule has 1 aromatic heterocycles. The molecule has 2 heterocycles. The molecular formula is C11H16N4O. The molecule has 1 amide bonds. The molecule has 86 valence electrons. The molecule has 0 bridgehead atoms. The van der Waals surface area contributed by atoms with E-state index in [9.17, 15) is 4.79 Å². The van der Waals surface area contributed by atoms with Gasteiger partial charge in [0.15, 0.2) is 0 Å². The monoisotopic (exact) mass is 220 g/mol. The lowest BCUT2D eigenvalue weighted by atomic mass is 10.0. The zero-order valence-corrected chi connectivity index (χ0v) is 9.53. The molecule has 3 N–H and O–H groups in total. The number of rotatable bonds is 1. The van der Waals surface area contributed by atoms with Gasteiger partial charge in [-0.25, -0.2) is 4.98 Å². The number of carbonyl (C=O) groups excluding carboxylic acids is 1. The molecule has 1 fully saturated rings. The number of hydrogen-bond acceptors (Lipinski definition) is 4. The molecule has 0 unspecified atom stereocenters. The minimum absolute atomic E-state index is 0.0380. The van der Waals surface area contributed by atoms with E-state index in [2.05, 4.69) is 10.3 Å². The van der Waals surface area contributed by atoms with Crippen LogP contribution >= 0.6 is 0 Å². The van der Waals surface area contributed by atoms with E-state index < -0.39 is 5.54 Å². The van der Waals surface area contributed by atoms with Crippen molar-refractivity contribution in [1.82, 2.24) is 10.3 Å². The maximum absolute atomic E-state index is 12.1. The summed E-state index contributed by atoms with van der Waals surface area (Å²) in [6, 6.07) is 3.53. The van der Waals surface area contributed by atoms with Gasteiger partial charge in [0.05, 0.1) is 17.4 Å². The standard InChI is InChI=1S/C11H16N4O/c1-11(2)10(16)15(6-5-14-11)9-4-3-8(12)7-13-9/h3-4,7,14H,5-6,12H2,1-2H3. The molecule has 1 aromatic rings. The Kier molecular flexibility index (Phi) is 2.55. The van der Waals surface area contributed by atoms with Crippen molar-refractivity contribution in [2.24, 2.45) is 0 Å². The number of hydrogen-bond donors (Lipinski definition) is 2. The van der Waals surface area contributed by atoms with Crippen LogP contribution in [0.25, 0.3) is 0 Å². The van der Waals surface area contributed by atoms with Gasteiger partial charge in [0.2, 0.25) is 5.91 Å². The largest absolute Gasteiger partial charge is 0.397 e. The van der Waals surface area contributed by atoms with Crippen LogP contribution in [-0.2, 0) is 4.79 Å². The number of nitrogens with two attached hydrogens (primary N) is 1. The summed E-state index contributed by atoms with van der Waals surface area (Å²) in [5, 5.41) is 3.18. The lowest BCUT2D eigenvalue weighted by molar-refractivity contribution is -0.125. The highest BCUT2D eigenvalue weighted by atomic mass is 16.2. The molecule has 16 heavy (non-hydrogen) atoms. The minimum Gasteiger partial charge on any atom is -0.397 e. The van der Waals surface area contributed by atoms with Crippen molar-refractivity contribution >= 4 is 17.4 Å². The Labute approximate surface area is 94.6 Å². The molecule has 0 spiro atoms. The first kappa shape index (κ1) is 10.9. The lowest BCUT2D eigenvalue weighted by Crippen LogP contribution is -2.61. The summed E-state index contributed by atoms with van der Waals surface area (Å²) < 4.78 is 0. The number of anilines is 2. The SMILES string of the molecule is CC1(C)NCCN(c2ccc(N)cn2)C1=O. The number of piperazine rings is 1. The van der Waals surface area contributed by atoms with Crippen molar-refractivity contribution in [2.45, 2.75) is 19.4 Å². The van der Waals surface area contributed by atoms with Crippen molar-refractivity contribution in [3.63, 3.8) is 0 Å². The molecule has 1 aliphatic heterocycles. The quantitative estimate of drug-likeness (QED) is 0.717. The summed E-state index contributed by atoms with van der Waals surface area (Å²) in [4.78, 5) is 18.0. The maximum Gasteiger partial charge on any atom is 0.247 e. The smallest absolute Gasteiger partial charge is 0.247 e. The highest BCUT2D eigenvalue weighted by Gasteiger charge is 2.36. The van der Waals surface area contributed by atoms with Crippen LogP contribution in [0, 0.1) is 0 Å². The fraction of sp³-hybridized carbons (Fsp3) is 0.455. The fourth-order valence-corrected chi connectivity index (χ4v) is 1.77. The second-order valence-electron chi connectivity index (χ2n) is 4.46. The van der Waals surface area contributed by atoms with Crippen molar-refractivity contribution < 1.29 is 4.79 Å². The molecule has 5 nitrogen and oxygen atoms in total. The predicted octanol–water partition coefficient (Wildman–Crippen LogP) is 0.379. The predicted molar refractivity (Wildman–Crippen MR) is 63.1 cm³/mol. The summed E-state index contributed by atoms with van der Waals surface area (Å²) in [6.07, 6.45) is 1.57. The Hall–Kier alpha value is -1.62. The summed E-state index contributed by atoms with van der Waals surface area (Å²) >= 11 is 0. The zero-order valence-electron chi connectivity index (χ0n) is 9.53. The normalized spacial score (nSPS) is 19.9. The van der Waals surface area contributed by atoms with Gasteiger partial charge in [-0.05, 0) is 26.0 Å². The van der Waals surface area contributed by atoms with Crippen LogP contribution in [0.1, 0.15) is 13.8 Å². The Balaban J connectivity index is 2.27. The molecule has 1 aliphatic rings. The Morgan fingerprint density at radius 1 is 1.50 bits per heavy atom. The van der Waals surface area contributed by atoms with E-state index in [0.29, 0.717) is 18.1 Å². The average molecular weight is 220 g/mol. The van der Waals surface area contributed by atoms with Crippen LogP contribution in [0.15, 0.2) is 18.3 Å². The first-order chi connectivity index (χ1) is 7.50. The molecular weight excluding hydrogens is 204 g/mol. The third kappa shape index (κ3) is 1.86. The number of nitrogen functional groups attached to an aromatic ring is 1. The Morgan fingerprint density at radius 2 is 2.25 bits per heavy atom. The Morgan fingerprint density at radius 3 is 2.88 bits per heavy atom. The van der Waals surface area contributed by atoms with Crippen LogP contribution in [0.2, 0.25) is 0 Å². The molecule has 0 atom stereocenters. The van der Waals surface area contributed by atoms with Gasteiger partial charge in [0.25, 0.3) is 0 Å². The summed E-state index contributed by atoms with van der Waals surface area (Å²) in [5.41, 5.74) is 5.64. The van der Waals surface area contributed by atoms with E-state index in [1.807, 2.05) is 13.8 Å². The summed E-state index contributed by atoms with van der Waals surface area (Å²) in [7, 11) is 0. The van der Waals surface area contributed by atoms with Gasteiger partial charge in [-0.3, -0.25) is 9.69 Å². The molecule has 5 heteroatoms. The number of nitrogens with zero attached hydrogens (tertiary/aromatic N) is 2. The third-order valence-electron chi connectivity index (χ3n) is 2.73. The molecule has 0 radical (unpaired) electrons. The van der Waals surface area contributed by atoms with E-state index in [4.69, 9.17) is 5.73 Å². The van der Waals surface area contributed by atoms with Crippen molar-refractivity contribution in [1.29, 1.82) is 0 Å². The van der Waals surface area contributed by atoms with Crippen LogP contribution in [0.5, 0.6) is 0 Å². The maximum atomic E-state index is 12.1. The first-order valence-electron chi connectivity index (χ1n) is 5.29. The van der Waals surface area contributed by atoms with Gasteiger partial charge in [-0.2, -0.15) is 0 Å². The van der Waals surface area contributed by atoms with E-state index in [-0.39, 0.29) is 5.91 Å². The second-order valence-corrected chi connectivity index (χ2v) is 4.46. The van der Waals surface area contributed by atoms with E-state index in [1.54, 1.807) is 23.2 Å². The van der Waals surface area contributed by atoms with Crippen LogP contribution in [-0.4, -0.2) is 29.5 Å². The topological polar surface area (TPSA) is 71.2 Å². The van der Waals surface area contributed by atoms with Gasteiger partial charge in [-0.1, -0.05) is 0 Å². The highest BCUT2D eigenvalue weighted by molar-refractivity contribution is 5.99. The number of nitrogens with one attached hydrogen (secondary N) is 1. The highest BCUT2D eigenvalue weighted by Crippen LogP contribution is 2.19. The van der Waals surface area contributed by atoms with Crippen LogP contribution in [0.4, 0.5) is 11.5 Å². The fourth-order valence-electron chi connectivity index (χ4n) is 1.77. The van der Waals surface area contributed by atoms with Gasteiger partial charge in [0, 0.05) is 13.1 Å². The first-order valence-corrected chi connectivity index (χ1v) is 5.29. The van der Waals surface area contributed by atoms with Gasteiger partial charge in [-0.15, -0.1) is 0 Å². The number of aromatic nitrogens is 1. The second kappa shape index (κ2) is 3.75. The van der Waals surface area contributed by atoms with E-state index in [0.717, 1.165) is 6.54 Å². The number of carbonyl (C=O) groups is 1. The van der Waals surface area contributed by atoms with Crippen molar-refractivity contribution in [3.05, 3.63) is 18.3 Å². The zero-order chi connectivity index (χ0) is 11.8. The number of amides is 1. The summed E-state index contributed by atoms with van der Waals surface area (Å²) in [5.74, 6) is 0.699. The van der Waals surface area contributed by atoms with E-state index in [1.165, 1.54) is 0 Å². The van der Waals surface area contributed by atoms with Crippen molar-refractivity contribution in [2.75, 3.05) is 23.7 Å². The molecule has 0 saturated carbocycles. The minimum atomic E-state index is -0.526.